The normalized spacial score (nSPS) is 12.3. The molecule has 0 fully saturated rings. The Morgan fingerprint density at radius 3 is 2.50 bits per heavy atom. The lowest BCUT2D eigenvalue weighted by Crippen LogP contribution is -2.31. The second kappa shape index (κ2) is 6.90. The number of nitrogens with one attached hydrogen (secondary N) is 1. The van der Waals surface area contributed by atoms with Gasteiger partial charge in [-0.3, -0.25) is 4.79 Å². The van der Waals surface area contributed by atoms with Crippen LogP contribution in [0.2, 0.25) is 0 Å². The fourth-order valence-corrected chi connectivity index (χ4v) is 1.30. The van der Waals surface area contributed by atoms with Crippen molar-refractivity contribution in [1.82, 2.24) is 5.32 Å². The third kappa shape index (κ3) is 5.58. The molecule has 1 amide bonds. The van der Waals surface area contributed by atoms with Crippen molar-refractivity contribution in [3.8, 4) is 5.75 Å². The molecule has 0 heterocycles. The first kappa shape index (κ1) is 14.4. The van der Waals surface area contributed by atoms with Crippen LogP contribution >= 0.6 is 0 Å². The Kier molecular flexibility index (Phi) is 5.51. The molecule has 0 aromatic heterocycles. The summed E-state index contributed by atoms with van der Waals surface area (Å²) in [5.41, 5.74) is 0.680. The van der Waals surface area contributed by atoms with E-state index in [1.54, 1.807) is 19.1 Å². The van der Waals surface area contributed by atoms with Crippen molar-refractivity contribution in [1.29, 1.82) is 0 Å². The molecule has 2 N–H and O–H groups in total. The summed E-state index contributed by atoms with van der Waals surface area (Å²) in [5, 5.41) is 11.5. The smallest absolute Gasteiger partial charge is 0.387 e. The molecule has 0 aliphatic heterocycles. The quantitative estimate of drug-likeness (QED) is 0.810. The van der Waals surface area contributed by atoms with E-state index < -0.39 is 12.7 Å². The van der Waals surface area contributed by atoms with Crippen LogP contribution in [-0.2, 0) is 11.2 Å². The van der Waals surface area contributed by atoms with E-state index in [2.05, 4.69) is 10.1 Å². The van der Waals surface area contributed by atoms with Crippen LogP contribution < -0.4 is 10.1 Å². The first-order valence-electron chi connectivity index (χ1n) is 5.46. The zero-order chi connectivity index (χ0) is 13.5. The summed E-state index contributed by atoms with van der Waals surface area (Å²) in [6.45, 7) is -1.10. The molecule has 18 heavy (non-hydrogen) atoms. The number of benzene rings is 1. The van der Waals surface area contributed by atoms with Crippen LogP contribution in [0.4, 0.5) is 8.78 Å². The van der Waals surface area contributed by atoms with Crippen LogP contribution in [0.1, 0.15) is 12.5 Å². The molecule has 1 aromatic carbocycles. The van der Waals surface area contributed by atoms with E-state index in [0.717, 1.165) is 0 Å². The fraction of sp³-hybridized carbons (Fsp3) is 0.417. The first-order chi connectivity index (χ1) is 8.47. The van der Waals surface area contributed by atoms with Crippen molar-refractivity contribution in [2.24, 2.45) is 0 Å². The molecule has 6 heteroatoms. The molecule has 0 saturated heterocycles. The number of amides is 1. The van der Waals surface area contributed by atoms with Gasteiger partial charge in [0, 0.05) is 6.54 Å². The van der Waals surface area contributed by atoms with Crippen molar-refractivity contribution < 1.29 is 23.4 Å². The van der Waals surface area contributed by atoms with E-state index in [-0.39, 0.29) is 24.6 Å². The average molecular weight is 259 g/mol. The second-order valence-electron chi connectivity index (χ2n) is 3.85. The monoisotopic (exact) mass is 259 g/mol. The van der Waals surface area contributed by atoms with Gasteiger partial charge in [0.15, 0.2) is 0 Å². The summed E-state index contributed by atoms with van der Waals surface area (Å²) >= 11 is 0. The molecule has 1 atom stereocenters. The average Bonchev–Trinajstić information content (AvgIpc) is 2.28. The molecule has 4 nitrogen and oxygen atoms in total. The Balaban J connectivity index is 2.45. The molecule has 1 aromatic rings. The van der Waals surface area contributed by atoms with E-state index in [1.807, 2.05) is 0 Å². The van der Waals surface area contributed by atoms with Crippen LogP contribution in [-0.4, -0.2) is 30.3 Å². The highest BCUT2D eigenvalue weighted by Crippen LogP contribution is 2.15. The summed E-state index contributed by atoms with van der Waals surface area (Å²) in [6, 6.07) is 5.84. The fourth-order valence-electron chi connectivity index (χ4n) is 1.30. The van der Waals surface area contributed by atoms with Gasteiger partial charge in [-0.05, 0) is 24.6 Å². The number of aliphatic hydroxyl groups excluding tert-OH is 1. The SMILES string of the molecule is C[C@H](O)CNC(=O)Cc1ccc(OC(F)F)cc1. The van der Waals surface area contributed by atoms with E-state index >= 15 is 0 Å². The number of carbonyl (C=O) groups excluding carboxylic acids is 1. The van der Waals surface area contributed by atoms with Gasteiger partial charge in [-0.25, -0.2) is 0 Å². The number of halogens is 2. The van der Waals surface area contributed by atoms with Crippen molar-refractivity contribution in [3.05, 3.63) is 29.8 Å². The van der Waals surface area contributed by atoms with E-state index in [4.69, 9.17) is 5.11 Å². The van der Waals surface area contributed by atoms with E-state index in [1.165, 1.54) is 12.1 Å². The Morgan fingerprint density at radius 1 is 1.39 bits per heavy atom. The van der Waals surface area contributed by atoms with Crippen molar-refractivity contribution in [2.45, 2.75) is 26.1 Å². The lowest BCUT2D eigenvalue weighted by atomic mass is 10.1. The van der Waals surface area contributed by atoms with Crippen LogP contribution in [0.5, 0.6) is 5.75 Å². The summed E-state index contributed by atoms with van der Waals surface area (Å²) < 4.78 is 28.0. The number of hydrogen-bond donors (Lipinski definition) is 2. The Labute approximate surface area is 104 Å². The lowest BCUT2D eigenvalue weighted by molar-refractivity contribution is -0.120. The Bertz CT molecular complexity index is 379. The number of rotatable bonds is 6. The standard InChI is InChI=1S/C12H15F2NO3/c1-8(16)7-15-11(17)6-9-2-4-10(5-3-9)18-12(13)14/h2-5,8,12,16H,6-7H2,1H3,(H,15,17)/t8-/m0/s1. The van der Waals surface area contributed by atoms with E-state index in [0.29, 0.717) is 5.56 Å². The number of aliphatic hydroxyl groups is 1. The summed E-state index contributed by atoms with van der Waals surface area (Å²) in [7, 11) is 0. The molecule has 0 aliphatic rings. The number of carbonyl (C=O) groups is 1. The minimum absolute atomic E-state index is 0.0538. The van der Waals surface area contributed by atoms with Gasteiger partial charge in [0.25, 0.3) is 0 Å². The Morgan fingerprint density at radius 2 is 2.00 bits per heavy atom. The maximum Gasteiger partial charge on any atom is 0.387 e. The zero-order valence-corrected chi connectivity index (χ0v) is 9.90. The third-order valence-corrected chi connectivity index (χ3v) is 2.11. The zero-order valence-electron chi connectivity index (χ0n) is 9.90. The molecule has 1 rings (SSSR count). The maximum atomic E-state index is 11.9. The predicted molar refractivity (Wildman–Crippen MR) is 61.5 cm³/mol. The summed E-state index contributed by atoms with van der Waals surface area (Å²) in [5.74, 6) is -0.184. The molecule has 0 aliphatic carbocycles. The first-order valence-corrected chi connectivity index (χ1v) is 5.46. The lowest BCUT2D eigenvalue weighted by Gasteiger charge is -2.08. The molecule has 0 saturated carbocycles. The number of ether oxygens (including phenoxy) is 1. The largest absolute Gasteiger partial charge is 0.435 e. The van der Waals surface area contributed by atoms with E-state index in [9.17, 15) is 13.6 Å². The van der Waals surface area contributed by atoms with Gasteiger partial charge >= 0.3 is 6.61 Å². The van der Waals surface area contributed by atoms with Gasteiger partial charge < -0.3 is 15.2 Å². The second-order valence-corrected chi connectivity index (χ2v) is 3.85. The van der Waals surface area contributed by atoms with Crippen molar-refractivity contribution >= 4 is 5.91 Å². The number of alkyl halides is 2. The van der Waals surface area contributed by atoms with Crippen LogP contribution in [0.3, 0.4) is 0 Å². The molecule has 0 bridgehead atoms. The van der Waals surface area contributed by atoms with Gasteiger partial charge in [0.05, 0.1) is 12.5 Å². The van der Waals surface area contributed by atoms with Gasteiger partial charge in [-0.2, -0.15) is 8.78 Å². The topological polar surface area (TPSA) is 58.6 Å². The van der Waals surface area contributed by atoms with Gasteiger partial charge in [0.2, 0.25) is 5.91 Å². The molecular formula is C12H15F2NO3. The van der Waals surface area contributed by atoms with Gasteiger partial charge in [-0.15, -0.1) is 0 Å². The maximum absolute atomic E-state index is 11.9. The highest BCUT2D eigenvalue weighted by molar-refractivity contribution is 5.78. The van der Waals surface area contributed by atoms with Gasteiger partial charge in [0.1, 0.15) is 5.75 Å². The van der Waals surface area contributed by atoms with Crippen LogP contribution in [0.15, 0.2) is 24.3 Å². The Hall–Kier alpha value is -1.69. The molecule has 100 valence electrons. The summed E-state index contributed by atoms with van der Waals surface area (Å²) in [6.07, 6.45) is -0.474. The van der Waals surface area contributed by atoms with Crippen LogP contribution in [0.25, 0.3) is 0 Å². The summed E-state index contributed by atoms with van der Waals surface area (Å²) in [4.78, 5) is 11.4. The third-order valence-electron chi connectivity index (χ3n) is 2.11. The molecule has 0 radical (unpaired) electrons. The van der Waals surface area contributed by atoms with Crippen molar-refractivity contribution in [3.63, 3.8) is 0 Å². The molecule has 0 unspecified atom stereocenters. The van der Waals surface area contributed by atoms with Crippen molar-refractivity contribution in [2.75, 3.05) is 6.54 Å². The molecular weight excluding hydrogens is 244 g/mol. The number of hydrogen-bond acceptors (Lipinski definition) is 3. The highest BCUT2D eigenvalue weighted by atomic mass is 19.3. The minimum atomic E-state index is -2.86. The highest BCUT2D eigenvalue weighted by Gasteiger charge is 2.06. The van der Waals surface area contributed by atoms with Crippen LogP contribution in [0, 0.1) is 0 Å². The predicted octanol–water partition coefficient (Wildman–Crippen LogP) is 1.33. The minimum Gasteiger partial charge on any atom is -0.435 e. The van der Waals surface area contributed by atoms with Gasteiger partial charge in [-0.1, -0.05) is 12.1 Å². The molecule has 0 spiro atoms.